The van der Waals surface area contributed by atoms with Crippen LogP contribution in [0.25, 0.3) is 0 Å². The highest BCUT2D eigenvalue weighted by atomic mass is 16.6. The van der Waals surface area contributed by atoms with Crippen molar-refractivity contribution in [3.63, 3.8) is 0 Å². The van der Waals surface area contributed by atoms with E-state index in [1.165, 1.54) is 32.9 Å². The number of aliphatic hydroxyl groups is 3. The van der Waals surface area contributed by atoms with Gasteiger partial charge in [-0.1, -0.05) is 52.8 Å². The van der Waals surface area contributed by atoms with Gasteiger partial charge in [0.05, 0.1) is 35.6 Å². The van der Waals surface area contributed by atoms with Gasteiger partial charge in [0.2, 0.25) is 0 Å². The summed E-state index contributed by atoms with van der Waals surface area (Å²) in [5.74, 6) is -6.21. The first-order valence-corrected chi connectivity index (χ1v) is 20.6. The van der Waals surface area contributed by atoms with Gasteiger partial charge in [-0.3, -0.25) is 14.4 Å². The summed E-state index contributed by atoms with van der Waals surface area (Å²) < 4.78 is 35.7. The fourth-order valence-electron chi connectivity index (χ4n) is 9.67. The Morgan fingerprint density at radius 2 is 1.65 bits per heavy atom. The summed E-state index contributed by atoms with van der Waals surface area (Å²) in [7, 11) is 0. The van der Waals surface area contributed by atoms with Crippen molar-refractivity contribution >= 4 is 35.8 Å². The number of hydrogen-bond donors (Lipinski definition) is 4. The third-order valence-corrected chi connectivity index (χ3v) is 12.7. The van der Waals surface area contributed by atoms with Crippen LogP contribution in [0.3, 0.4) is 0 Å². The summed E-state index contributed by atoms with van der Waals surface area (Å²) in [6.07, 6.45) is -11.2. The molecule has 16 nitrogen and oxygen atoms in total. The SMILES string of the molecule is CCC(=O)O[C@H]1C(=O)[C@@]2(C)C(C(OC(=O)c3ccccc3)[C@]3(O)C[C@H](OC(=O)[C@H](O)[C@H](CC(C)C)NC(=O)OC(C)(C)C)C(C)=C1C3(C)C)[C@]1(OC(C)=O)CO[C@@H]1C[C@@H]2O. The number of carbonyl (C=O) groups is 6. The van der Waals surface area contributed by atoms with Crippen molar-refractivity contribution in [3.8, 4) is 0 Å². The van der Waals surface area contributed by atoms with Crippen LogP contribution in [-0.4, -0.2) is 117 Å². The van der Waals surface area contributed by atoms with Gasteiger partial charge < -0.3 is 49.1 Å². The van der Waals surface area contributed by atoms with Crippen molar-refractivity contribution in [2.45, 2.75) is 161 Å². The van der Waals surface area contributed by atoms with Gasteiger partial charge in [0.15, 0.2) is 23.6 Å². The molecule has 1 saturated heterocycles. The summed E-state index contributed by atoms with van der Waals surface area (Å²) in [5.41, 5.74) is -8.43. The van der Waals surface area contributed by atoms with Crippen LogP contribution in [-0.2, 0) is 47.6 Å². The highest BCUT2D eigenvalue weighted by Gasteiger charge is 2.78. The van der Waals surface area contributed by atoms with Gasteiger partial charge in [0.25, 0.3) is 0 Å². The molecular formula is C44H61NO15. The van der Waals surface area contributed by atoms with Crippen LogP contribution in [0.5, 0.6) is 0 Å². The first-order chi connectivity index (χ1) is 27.7. The number of amides is 1. The Morgan fingerprint density at radius 1 is 1.02 bits per heavy atom. The lowest BCUT2D eigenvalue weighted by Crippen LogP contribution is -2.82. The monoisotopic (exact) mass is 843 g/mol. The van der Waals surface area contributed by atoms with Crippen molar-refractivity contribution in [1.82, 2.24) is 5.32 Å². The molecule has 2 unspecified atom stereocenters. The molecule has 332 valence electrons. The van der Waals surface area contributed by atoms with Gasteiger partial charge in [-0.15, -0.1) is 0 Å². The van der Waals surface area contributed by atoms with Crippen LogP contribution >= 0.6 is 0 Å². The molecule has 1 aromatic rings. The topological polar surface area (TPSA) is 231 Å². The molecule has 2 saturated carbocycles. The Labute approximate surface area is 350 Å². The van der Waals surface area contributed by atoms with E-state index in [4.69, 9.17) is 28.4 Å². The number of esters is 4. The molecule has 1 aliphatic heterocycles. The number of hydrogen-bond acceptors (Lipinski definition) is 15. The van der Waals surface area contributed by atoms with Crippen LogP contribution < -0.4 is 5.32 Å². The number of Topliss-reactive ketones (excluding diaryl/α,β-unsaturated/α-hetero) is 1. The van der Waals surface area contributed by atoms with Crippen LogP contribution in [0.4, 0.5) is 4.79 Å². The first kappa shape index (κ1) is 46.7. The van der Waals surface area contributed by atoms with E-state index < -0.39 is 118 Å². The predicted octanol–water partition coefficient (Wildman–Crippen LogP) is 3.89. The number of rotatable bonds is 11. The van der Waals surface area contributed by atoms with Gasteiger partial charge >= 0.3 is 30.0 Å². The second-order valence-corrected chi connectivity index (χ2v) is 18.7. The standard InChI is InChI=1S/C44H61NO15/c1-12-30(48)57-33-31-23(4)27(56-38(52)32(49)26(18-22(2)3)45-39(53)60-40(6,7)8)20-44(54,41(31,9)10)36(58-37(51)25-16-14-13-15-17-25)34-42(11,35(33)50)28(47)19-29-43(34,21-55-29)59-24(5)46/h13-17,22,26-29,32-34,36,47,49,54H,12,18-21H2,1-11H3,(H,45,53)/t26-,27-,28-,29+,32+,33+,34?,36?,42+,43-,44+/m0/s1. The van der Waals surface area contributed by atoms with Crippen LogP contribution in [0.1, 0.15) is 112 Å². The molecule has 60 heavy (non-hydrogen) atoms. The minimum absolute atomic E-state index is 0.0158. The molecular weight excluding hydrogens is 782 g/mol. The van der Waals surface area contributed by atoms with Crippen LogP contribution in [0, 0.1) is 22.7 Å². The summed E-state index contributed by atoms with van der Waals surface area (Å²) in [4.78, 5) is 82.9. The molecule has 1 amide bonds. The molecule has 1 aromatic carbocycles. The summed E-state index contributed by atoms with van der Waals surface area (Å²) >= 11 is 0. The molecule has 3 aliphatic carbocycles. The summed E-state index contributed by atoms with van der Waals surface area (Å²) in [6.45, 7) is 17.1. The summed E-state index contributed by atoms with van der Waals surface area (Å²) in [6, 6.07) is 6.67. The number of nitrogens with one attached hydrogen (secondary N) is 1. The number of aliphatic hydroxyl groups excluding tert-OH is 2. The third-order valence-electron chi connectivity index (χ3n) is 12.7. The average molecular weight is 844 g/mol. The molecule has 5 rings (SSSR count). The lowest BCUT2D eigenvalue weighted by atomic mass is 9.44. The fraction of sp³-hybridized carbons (Fsp3) is 0.682. The average Bonchev–Trinajstić information content (AvgIpc) is 3.14. The molecule has 4 N–H and O–H groups in total. The molecule has 1 heterocycles. The number of alkyl carbamates (subject to hydrolysis) is 1. The van der Waals surface area contributed by atoms with Gasteiger partial charge in [-0.2, -0.15) is 0 Å². The predicted molar refractivity (Wildman–Crippen MR) is 212 cm³/mol. The largest absolute Gasteiger partial charge is 0.456 e. The third kappa shape index (κ3) is 8.32. The van der Waals surface area contributed by atoms with Gasteiger partial charge in [-0.05, 0) is 70.2 Å². The van der Waals surface area contributed by atoms with E-state index in [-0.39, 0.29) is 48.5 Å². The minimum atomic E-state index is -2.37. The van der Waals surface area contributed by atoms with E-state index in [9.17, 15) is 39.3 Å². The lowest BCUT2D eigenvalue weighted by molar-refractivity contribution is -0.346. The van der Waals surface area contributed by atoms with E-state index in [2.05, 4.69) is 5.32 Å². The number of ether oxygens (including phenoxy) is 6. The molecule has 2 bridgehead atoms. The Balaban J connectivity index is 1.73. The fourth-order valence-corrected chi connectivity index (χ4v) is 9.67. The number of carbonyl (C=O) groups excluding carboxylic acids is 6. The second-order valence-electron chi connectivity index (χ2n) is 18.7. The van der Waals surface area contributed by atoms with Crippen molar-refractivity contribution in [3.05, 3.63) is 47.0 Å². The smallest absolute Gasteiger partial charge is 0.407 e. The van der Waals surface area contributed by atoms with Crippen LogP contribution in [0.2, 0.25) is 0 Å². The quantitative estimate of drug-likeness (QED) is 0.141. The second kappa shape index (κ2) is 16.8. The Kier molecular flexibility index (Phi) is 13.1. The molecule has 0 spiro atoms. The van der Waals surface area contributed by atoms with Gasteiger partial charge in [0, 0.05) is 31.6 Å². The molecule has 0 aromatic heterocycles. The molecule has 3 fully saturated rings. The maximum absolute atomic E-state index is 15.5. The number of ketones is 1. The number of benzene rings is 1. The highest BCUT2D eigenvalue weighted by Crippen LogP contribution is 2.64. The maximum Gasteiger partial charge on any atom is 0.407 e. The van der Waals surface area contributed by atoms with Gasteiger partial charge in [-0.25, -0.2) is 14.4 Å². The highest BCUT2D eigenvalue weighted by molar-refractivity contribution is 5.95. The molecule has 11 atom stereocenters. The lowest BCUT2D eigenvalue weighted by Gasteiger charge is -2.67. The van der Waals surface area contributed by atoms with E-state index in [1.807, 2.05) is 13.8 Å². The maximum atomic E-state index is 15.5. The Bertz CT molecular complexity index is 1890. The van der Waals surface area contributed by atoms with Crippen molar-refractivity contribution in [2.24, 2.45) is 22.7 Å². The zero-order valence-corrected chi connectivity index (χ0v) is 36.4. The van der Waals surface area contributed by atoms with Gasteiger partial charge in [0.1, 0.15) is 29.5 Å². The van der Waals surface area contributed by atoms with E-state index in [0.29, 0.717) is 0 Å². The van der Waals surface area contributed by atoms with E-state index >= 15 is 4.79 Å². The van der Waals surface area contributed by atoms with Crippen molar-refractivity contribution < 1.29 is 72.5 Å². The first-order valence-electron chi connectivity index (χ1n) is 20.6. The van der Waals surface area contributed by atoms with E-state index in [0.717, 1.165) is 6.92 Å². The normalized spacial score (nSPS) is 33.0. The zero-order chi connectivity index (χ0) is 44.9. The van der Waals surface area contributed by atoms with Crippen molar-refractivity contribution in [1.29, 1.82) is 0 Å². The van der Waals surface area contributed by atoms with Crippen molar-refractivity contribution in [2.75, 3.05) is 6.61 Å². The molecule has 16 heteroatoms. The summed E-state index contributed by atoms with van der Waals surface area (Å²) in [5, 5.41) is 39.8. The van der Waals surface area contributed by atoms with Crippen LogP contribution in [0.15, 0.2) is 41.5 Å². The number of fused-ring (bicyclic) bond motifs is 5. The molecule has 0 radical (unpaired) electrons. The Hall–Kier alpha value is -4.38. The minimum Gasteiger partial charge on any atom is -0.456 e. The Morgan fingerprint density at radius 3 is 2.18 bits per heavy atom. The van der Waals surface area contributed by atoms with E-state index in [1.54, 1.807) is 52.8 Å². The molecule has 4 aliphatic rings. The zero-order valence-electron chi connectivity index (χ0n) is 36.4.